The van der Waals surface area contributed by atoms with Gasteiger partial charge in [0.25, 0.3) is 16.8 Å². The van der Waals surface area contributed by atoms with Crippen molar-refractivity contribution < 1.29 is 14.1 Å². The first-order valence-corrected chi connectivity index (χ1v) is 8.95. The summed E-state index contributed by atoms with van der Waals surface area (Å²) in [4.78, 5) is 10.4. The molecule has 0 aliphatic rings. The fourth-order valence-corrected chi connectivity index (χ4v) is 3.12. The van der Waals surface area contributed by atoms with E-state index in [4.69, 9.17) is 20.8 Å². The second-order valence-electron chi connectivity index (χ2n) is 5.38. The number of rotatable bonds is 7. The van der Waals surface area contributed by atoms with E-state index >= 15 is 0 Å². The van der Waals surface area contributed by atoms with Gasteiger partial charge in [0.15, 0.2) is 6.61 Å². The Labute approximate surface area is 158 Å². The molecule has 0 aliphatic heterocycles. The largest absolute Gasteiger partial charge is 0.484 e. The molecule has 0 bridgehead atoms. The van der Waals surface area contributed by atoms with Crippen LogP contribution in [0.15, 0.2) is 52.1 Å². The average molecular weight is 392 g/mol. The zero-order chi connectivity index (χ0) is 18.5. The van der Waals surface area contributed by atoms with Crippen LogP contribution in [0.5, 0.6) is 5.75 Å². The molecular weight excluding hydrogens is 378 g/mol. The van der Waals surface area contributed by atoms with Crippen LogP contribution >= 0.6 is 23.4 Å². The number of thioether (sulfide) groups is 1. The molecule has 0 spiro atoms. The molecule has 0 atom stereocenters. The van der Waals surface area contributed by atoms with Gasteiger partial charge in [0, 0.05) is 22.9 Å². The van der Waals surface area contributed by atoms with E-state index < -0.39 is 4.92 Å². The minimum absolute atomic E-state index is 0.0565. The quantitative estimate of drug-likeness (QED) is 0.324. The third-order valence-corrected chi connectivity index (χ3v) is 4.54. The monoisotopic (exact) mass is 391 g/mol. The fourth-order valence-electron chi connectivity index (χ4n) is 2.17. The lowest BCUT2D eigenvalue weighted by molar-refractivity contribution is -0.384. The lowest BCUT2D eigenvalue weighted by Gasteiger charge is -2.06. The maximum atomic E-state index is 10.8. The van der Waals surface area contributed by atoms with Gasteiger partial charge in [-0.2, -0.15) is 0 Å². The second kappa shape index (κ2) is 8.20. The van der Waals surface area contributed by atoms with Gasteiger partial charge in [0.2, 0.25) is 0 Å². The van der Waals surface area contributed by atoms with Crippen LogP contribution in [0, 0.1) is 17.0 Å². The SMILES string of the molecule is Cc1cc(Cl)ccc1OCc1nnc(SCc2cccc([N+](=O)[O-])c2)o1. The Hall–Kier alpha value is -2.58. The van der Waals surface area contributed by atoms with Crippen LogP contribution in [0.1, 0.15) is 17.0 Å². The molecule has 26 heavy (non-hydrogen) atoms. The molecule has 0 N–H and O–H groups in total. The average Bonchev–Trinajstić information content (AvgIpc) is 3.07. The standard InChI is InChI=1S/C17H14ClN3O4S/c1-11-7-13(18)5-6-15(11)24-9-16-19-20-17(25-16)26-10-12-3-2-4-14(8-12)21(22)23/h2-8H,9-10H2,1H3. The Morgan fingerprint density at radius 3 is 2.88 bits per heavy atom. The topological polar surface area (TPSA) is 91.3 Å². The van der Waals surface area contributed by atoms with E-state index in [0.717, 1.165) is 11.1 Å². The summed E-state index contributed by atoms with van der Waals surface area (Å²) in [6, 6.07) is 11.8. The number of hydrogen-bond acceptors (Lipinski definition) is 7. The Morgan fingerprint density at radius 2 is 2.12 bits per heavy atom. The fraction of sp³-hybridized carbons (Fsp3) is 0.176. The van der Waals surface area contributed by atoms with Gasteiger partial charge in [-0.25, -0.2) is 0 Å². The number of nitro benzene ring substituents is 1. The number of non-ortho nitro benzene ring substituents is 1. The summed E-state index contributed by atoms with van der Waals surface area (Å²) < 4.78 is 11.2. The van der Waals surface area contributed by atoms with Crippen LogP contribution in [0.25, 0.3) is 0 Å². The van der Waals surface area contributed by atoms with Crippen molar-refractivity contribution in [1.82, 2.24) is 10.2 Å². The first-order valence-electron chi connectivity index (χ1n) is 7.59. The third kappa shape index (κ3) is 4.74. The van der Waals surface area contributed by atoms with Crippen molar-refractivity contribution in [2.45, 2.75) is 24.5 Å². The Balaban J connectivity index is 1.56. The molecule has 1 heterocycles. The van der Waals surface area contributed by atoms with Crippen LogP contribution in [0.4, 0.5) is 5.69 Å². The van der Waals surface area contributed by atoms with Crippen LogP contribution in [0.2, 0.25) is 5.02 Å². The van der Waals surface area contributed by atoms with E-state index in [1.54, 1.807) is 18.2 Å². The zero-order valence-corrected chi connectivity index (χ0v) is 15.3. The van der Waals surface area contributed by atoms with E-state index in [-0.39, 0.29) is 12.3 Å². The van der Waals surface area contributed by atoms with Crippen LogP contribution in [-0.4, -0.2) is 15.1 Å². The van der Waals surface area contributed by atoms with E-state index in [2.05, 4.69) is 10.2 Å². The maximum absolute atomic E-state index is 10.8. The molecule has 0 saturated carbocycles. The highest BCUT2D eigenvalue weighted by molar-refractivity contribution is 7.98. The normalized spacial score (nSPS) is 10.7. The van der Waals surface area contributed by atoms with E-state index in [0.29, 0.717) is 27.6 Å². The summed E-state index contributed by atoms with van der Waals surface area (Å²) >= 11 is 7.22. The minimum Gasteiger partial charge on any atom is -0.484 e. The first-order chi connectivity index (χ1) is 12.5. The van der Waals surface area contributed by atoms with Crippen molar-refractivity contribution >= 4 is 29.1 Å². The lowest BCUT2D eigenvalue weighted by Crippen LogP contribution is -1.97. The number of nitrogens with zero attached hydrogens (tertiary/aromatic N) is 3. The van der Waals surface area contributed by atoms with Gasteiger partial charge in [-0.05, 0) is 36.2 Å². The smallest absolute Gasteiger partial charge is 0.277 e. The van der Waals surface area contributed by atoms with Gasteiger partial charge < -0.3 is 9.15 Å². The molecule has 0 aliphatic carbocycles. The number of aromatic nitrogens is 2. The Kier molecular flexibility index (Phi) is 5.75. The number of ether oxygens (including phenoxy) is 1. The molecule has 0 amide bonds. The lowest BCUT2D eigenvalue weighted by atomic mass is 10.2. The second-order valence-corrected chi connectivity index (χ2v) is 6.74. The molecular formula is C17H14ClN3O4S. The molecule has 1 aromatic heterocycles. The zero-order valence-electron chi connectivity index (χ0n) is 13.7. The van der Waals surface area contributed by atoms with Crippen LogP contribution in [-0.2, 0) is 12.4 Å². The summed E-state index contributed by atoms with van der Waals surface area (Å²) in [5, 5.41) is 19.7. The molecule has 3 rings (SSSR count). The van der Waals surface area contributed by atoms with Crippen molar-refractivity contribution in [3.63, 3.8) is 0 Å². The van der Waals surface area contributed by atoms with Crippen LogP contribution in [0.3, 0.4) is 0 Å². The summed E-state index contributed by atoms with van der Waals surface area (Å²) in [7, 11) is 0. The summed E-state index contributed by atoms with van der Waals surface area (Å²) in [5.41, 5.74) is 1.77. The molecule has 3 aromatic rings. The van der Waals surface area contributed by atoms with Gasteiger partial charge in [0.05, 0.1) is 4.92 Å². The first kappa shape index (κ1) is 18.2. The molecule has 7 nitrogen and oxygen atoms in total. The summed E-state index contributed by atoms with van der Waals surface area (Å²) in [6.45, 7) is 2.04. The number of benzene rings is 2. The molecule has 0 unspecified atom stereocenters. The van der Waals surface area contributed by atoms with Crippen molar-refractivity contribution in [2.75, 3.05) is 0 Å². The predicted molar refractivity (Wildman–Crippen MR) is 97.5 cm³/mol. The number of hydrogen-bond donors (Lipinski definition) is 0. The minimum atomic E-state index is -0.422. The van der Waals surface area contributed by atoms with E-state index in [9.17, 15) is 10.1 Å². The molecule has 2 aromatic carbocycles. The molecule has 0 fully saturated rings. The Morgan fingerprint density at radius 1 is 1.27 bits per heavy atom. The van der Waals surface area contributed by atoms with Gasteiger partial charge in [0.1, 0.15) is 5.75 Å². The number of aryl methyl sites for hydroxylation is 1. The van der Waals surface area contributed by atoms with Crippen molar-refractivity contribution in [1.29, 1.82) is 0 Å². The highest BCUT2D eigenvalue weighted by Gasteiger charge is 2.11. The number of nitro groups is 1. The highest BCUT2D eigenvalue weighted by Crippen LogP contribution is 2.25. The molecule has 0 radical (unpaired) electrons. The molecule has 9 heteroatoms. The van der Waals surface area contributed by atoms with E-state index in [1.165, 1.54) is 23.9 Å². The van der Waals surface area contributed by atoms with Crippen LogP contribution < -0.4 is 4.74 Å². The van der Waals surface area contributed by atoms with E-state index in [1.807, 2.05) is 19.1 Å². The Bertz CT molecular complexity index is 932. The van der Waals surface area contributed by atoms with Crippen molar-refractivity contribution in [3.05, 3.63) is 74.6 Å². The third-order valence-electron chi connectivity index (χ3n) is 3.42. The highest BCUT2D eigenvalue weighted by atomic mass is 35.5. The molecule has 134 valence electrons. The summed E-state index contributed by atoms with van der Waals surface area (Å²) in [5.74, 6) is 1.53. The van der Waals surface area contributed by atoms with Crippen molar-refractivity contribution in [3.8, 4) is 5.75 Å². The van der Waals surface area contributed by atoms with Gasteiger partial charge in [-0.15, -0.1) is 10.2 Å². The van der Waals surface area contributed by atoms with Gasteiger partial charge in [-0.3, -0.25) is 10.1 Å². The van der Waals surface area contributed by atoms with Gasteiger partial charge in [-0.1, -0.05) is 35.5 Å². The number of halogens is 1. The summed E-state index contributed by atoms with van der Waals surface area (Å²) in [6.07, 6.45) is 0. The maximum Gasteiger partial charge on any atom is 0.277 e. The van der Waals surface area contributed by atoms with Gasteiger partial charge >= 0.3 is 0 Å². The van der Waals surface area contributed by atoms with Crippen molar-refractivity contribution in [2.24, 2.45) is 0 Å². The molecule has 0 saturated heterocycles. The predicted octanol–water partition coefficient (Wildman–Crippen LogP) is 4.81.